The number of benzene rings is 3. The highest BCUT2D eigenvalue weighted by Crippen LogP contribution is 2.52. The van der Waals surface area contributed by atoms with Gasteiger partial charge in [-0.3, -0.25) is 4.79 Å². The van der Waals surface area contributed by atoms with Crippen LogP contribution in [0.5, 0.6) is 0 Å². The van der Waals surface area contributed by atoms with Crippen molar-refractivity contribution in [2.75, 3.05) is 6.54 Å². The summed E-state index contributed by atoms with van der Waals surface area (Å²) in [5.74, 6) is -2.10. The van der Waals surface area contributed by atoms with Crippen LogP contribution in [0.25, 0.3) is 44.5 Å². The Bertz CT molecular complexity index is 1830. The fourth-order valence-electron chi connectivity index (χ4n) is 6.00. The van der Waals surface area contributed by atoms with E-state index in [-0.39, 0.29) is 28.4 Å². The molecule has 0 aliphatic heterocycles. The van der Waals surface area contributed by atoms with Gasteiger partial charge < -0.3 is 14.9 Å². The number of aromatic nitrogens is 4. The Morgan fingerprint density at radius 2 is 1.62 bits per heavy atom. The third-order valence-corrected chi connectivity index (χ3v) is 8.65. The quantitative estimate of drug-likeness (QED) is 0.201. The van der Waals surface area contributed by atoms with Gasteiger partial charge in [0, 0.05) is 29.7 Å². The molecule has 1 amide bonds. The molecule has 8 heteroatoms. The molecule has 42 heavy (non-hydrogen) atoms. The smallest absolute Gasteiger partial charge is 0.299 e. The second-order valence-electron chi connectivity index (χ2n) is 12.6. The zero-order chi connectivity index (χ0) is 29.2. The van der Waals surface area contributed by atoms with Crippen LogP contribution >= 0.6 is 0 Å². The summed E-state index contributed by atoms with van der Waals surface area (Å²) in [5, 5.41) is 0. The summed E-state index contributed by atoms with van der Waals surface area (Å²) in [6, 6.07) is 16.2. The highest BCUT2D eigenvalue weighted by atomic mass is 19.3. The van der Waals surface area contributed by atoms with Gasteiger partial charge in [0.1, 0.15) is 5.82 Å². The van der Waals surface area contributed by atoms with Crippen LogP contribution < -0.4 is 0 Å². The van der Waals surface area contributed by atoms with Gasteiger partial charge in [-0.05, 0) is 70.7 Å². The molecule has 6 nitrogen and oxygen atoms in total. The van der Waals surface area contributed by atoms with E-state index < -0.39 is 5.92 Å². The maximum Gasteiger partial charge on any atom is 0.299 e. The van der Waals surface area contributed by atoms with Gasteiger partial charge in [0.05, 0.1) is 35.8 Å². The molecule has 214 valence electrons. The van der Waals surface area contributed by atoms with Crippen LogP contribution in [0.15, 0.2) is 67.1 Å². The first-order chi connectivity index (χ1) is 20.1. The summed E-state index contributed by atoms with van der Waals surface area (Å²) in [5.41, 5.74) is 5.83. The molecule has 2 N–H and O–H groups in total. The third-order valence-electron chi connectivity index (χ3n) is 8.65. The number of carbonyl (C=O) groups excluding carboxylic acids is 1. The van der Waals surface area contributed by atoms with Crippen LogP contribution in [0.4, 0.5) is 8.78 Å². The first kappa shape index (κ1) is 26.6. The van der Waals surface area contributed by atoms with Gasteiger partial charge in [0.2, 0.25) is 5.91 Å². The molecule has 2 heterocycles. The van der Waals surface area contributed by atoms with Gasteiger partial charge in [0.25, 0.3) is 5.92 Å². The topological polar surface area (TPSA) is 77.7 Å². The molecule has 2 aliphatic carbocycles. The summed E-state index contributed by atoms with van der Waals surface area (Å²) in [6.07, 6.45) is 6.02. The summed E-state index contributed by atoms with van der Waals surface area (Å²) in [6.45, 7) is 7.38. The van der Waals surface area contributed by atoms with Gasteiger partial charge in [-0.1, -0.05) is 51.1 Å². The highest BCUT2D eigenvalue weighted by Gasteiger charge is 2.45. The molecule has 0 atom stereocenters. The van der Waals surface area contributed by atoms with Crippen LogP contribution in [-0.2, 0) is 17.3 Å². The van der Waals surface area contributed by atoms with E-state index in [0.29, 0.717) is 47.7 Å². The number of carbonyl (C=O) groups is 1. The Kier molecular flexibility index (Phi) is 6.08. The average molecular weight is 566 g/mol. The van der Waals surface area contributed by atoms with Gasteiger partial charge in [-0.15, -0.1) is 0 Å². The van der Waals surface area contributed by atoms with Gasteiger partial charge in [0.15, 0.2) is 0 Å². The Labute approximate surface area is 243 Å². The lowest BCUT2D eigenvalue weighted by Crippen LogP contribution is -2.35. The van der Waals surface area contributed by atoms with E-state index in [1.54, 1.807) is 36.8 Å². The van der Waals surface area contributed by atoms with E-state index in [0.717, 1.165) is 35.0 Å². The van der Waals surface area contributed by atoms with Crippen LogP contribution in [-0.4, -0.2) is 37.3 Å². The highest BCUT2D eigenvalue weighted by molar-refractivity contribution is 5.86. The number of aromatic amines is 2. The predicted octanol–water partition coefficient (Wildman–Crippen LogP) is 7.92. The number of alkyl halides is 2. The van der Waals surface area contributed by atoms with Crippen molar-refractivity contribution in [1.29, 1.82) is 0 Å². The second kappa shape index (κ2) is 9.61. The van der Waals surface area contributed by atoms with Crippen LogP contribution in [0.3, 0.4) is 0 Å². The fraction of sp³-hybridized carbons (Fsp3) is 0.324. The van der Waals surface area contributed by atoms with Crippen molar-refractivity contribution >= 4 is 16.9 Å². The number of hydrogen-bond donors (Lipinski definition) is 2. The molecule has 5 aromatic rings. The first-order valence-electron chi connectivity index (χ1n) is 14.5. The standard InChI is InChI=1S/C34H33F2N5O/c1-20(2)12-32(42)41(18-33(3)10-11-33)17-31-37-16-30(40-31)23-5-8-25-24-7-4-21(13-26(24)34(35,36)27(25)14-23)22-6-9-28-29(15-22)39-19-38-28/h4-9,13-16,19-20H,10-12,17-18H2,1-3H3,(H,37,40)(H,38,39). The van der Waals surface area contributed by atoms with Crippen LogP contribution in [0.1, 0.15) is 57.0 Å². The van der Waals surface area contributed by atoms with Crippen LogP contribution in [0, 0.1) is 11.3 Å². The molecule has 1 saturated carbocycles. The molecule has 3 aromatic carbocycles. The third kappa shape index (κ3) is 4.68. The van der Waals surface area contributed by atoms with Crippen molar-refractivity contribution < 1.29 is 13.6 Å². The monoisotopic (exact) mass is 565 g/mol. The minimum atomic E-state index is -3.14. The molecule has 0 bridgehead atoms. The van der Waals surface area contributed by atoms with Gasteiger partial charge in [-0.2, -0.15) is 8.78 Å². The zero-order valence-corrected chi connectivity index (χ0v) is 24.0. The van der Waals surface area contributed by atoms with Crippen molar-refractivity contribution in [3.8, 4) is 33.5 Å². The summed E-state index contributed by atoms with van der Waals surface area (Å²) >= 11 is 0. The maximum atomic E-state index is 16.0. The minimum Gasteiger partial charge on any atom is -0.345 e. The van der Waals surface area contributed by atoms with Crippen molar-refractivity contribution in [3.05, 3.63) is 84.1 Å². The zero-order valence-electron chi connectivity index (χ0n) is 24.0. The number of halogens is 2. The number of fused-ring (bicyclic) bond motifs is 4. The molecule has 0 spiro atoms. The van der Waals surface area contributed by atoms with E-state index in [1.165, 1.54) is 0 Å². The number of nitrogens with one attached hydrogen (secondary N) is 2. The molecule has 2 aliphatic rings. The predicted molar refractivity (Wildman–Crippen MR) is 160 cm³/mol. The summed E-state index contributed by atoms with van der Waals surface area (Å²) in [7, 11) is 0. The Hall–Kier alpha value is -4.33. The largest absolute Gasteiger partial charge is 0.345 e. The molecular weight excluding hydrogens is 532 g/mol. The van der Waals surface area contributed by atoms with Gasteiger partial charge in [-0.25, -0.2) is 9.97 Å². The van der Waals surface area contributed by atoms with E-state index in [1.807, 2.05) is 49.1 Å². The van der Waals surface area contributed by atoms with Crippen molar-refractivity contribution in [2.24, 2.45) is 11.3 Å². The average Bonchev–Trinajstić information content (AvgIpc) is 3.30. The molecule has 0 unspecified atom stereocenters. The second-order valence-corrected chi connectivity index (χ2v) is 12.6. The Balaban J connectivity index is 1.16. The number of H-pyrrole nitrogens is 2. The minimum absolute atomic E-state index is 0.00929. The maximum absolute atomic E-state index is 16.0. The first-order valence-corrected chi connectivity index (χ1v) is 14.5. The lowest BCUT2D eigenvalue weighted by atomic mass is 9.98. The number of amides is 1. The summed E-state index contributed by atoms with van der Waals surface area (Å²) < 4.78 is 31.9. The summed E-state index contributed by atoms with van der Waals surface area (Å²) in [4.78, 5) is 30.1. The fourth-order valence-corrected chi connectivity index (χ4v) is 6.00. The molecular formula is C34H33F2N5O. The lowest BCUT2D eigenvalue weighted by Gasteiger charge is -2.26. The van der Waals surface area contributed by atoms with Crippen molar-refractivity contribution in [2.45, 2.75) is 52.5 Å². The number of hydrogen-bond acceptors (Lipinski definition) is 3. The molecule has 7 rings (SSSR count). The van der Waals surface area contributed by atoms with Crippen molar-refractivity contribution in [3.63, 3.8) is 0 Å². The van der Waals surface area contributed by atoms with E-state index >= 15 is 8.78 Å². The SMILES string of the molecule is CC(C)CC(=O)N(Cc1ncc(-c2ccc3c(c2)C(F)(F)c2cc(-c4ccc5nc[nH]c5c4)ccc2-3)[nH]1)CC1(C)CC1. The molecule has 1 fully saturated rings. The van der Waals surface area contributed by atoms with Crippen LogP contribution in [0.2, 0.25) is 0 Å². The van der Waals surface area contributed by atoms with Gasteiger partial charge >= 0.3 is 0 Å². The molecule has 0 radical (unpaired) electrons. The van der Waals surface area contributed by atoms with Crippen molar-refractivity contribution in [1.82, 2.24) is 24.8 Å². The molecule has 0 saturated heterocycles. The van der Waals surface area contributed by atoms with E-state index in [2.05, 4.69) is 26.9 Å². The molecule has 2 aromatic heterocycles. The number of rotatable bonds is 8. The number of imidazole rings is 2. The normalized spacial score (nSPS) is 16.0. The Morgan fingerprint density at radius 1 is 0.952 bits per heavy atom. The van der Waals surface area contributed by atoms with E-state index in [9.17, 15) is 4.79 Å². The lowest BCUT2D eigenvalue weighted by molar-refractivity contribution is -0.133. The Morgan fingerprint density at radius 3 is 2.33 bits per heavy atom. The van der Waals surface area contributed by atoms with E-state index in [4.69, 9.17) is 0 Å². The number of nitrogens with zero attached hydrogens (tertiary/aromatic N) is 3.